The summed E-state index contributed by atoms with van der Waals surface area (Å²) in [6.07, 6.45) is -2.59. The average molecular weight is 225 g/mol. The first kappa shape index (κ1) is 14.2. The van der Waals surface area contributed by atoms with Crippen molar-refractivity contribution in [3.05, 3.63) is 0 Å². The second-order valence-corrected chi connectivity index (χ2v) is 3.18. The quantitative estimate of drug-likeness (QED) is 0.490. The number of nitrogens with one attached hydrogen (secondary N) is 1. The van der Waals surface area contributed by atoms with Crippen molar-refractivity contribution in [2.45, 2.75) is 26.4 Å². The van der Waals surface area contributed by atoms with Crippen molar-refractivity contribution in [2.75, 3.05) is 26.3 Å². The molecule has 0 aliphatic rings. The molecule has 0 bridgehead atoms. The largest absolute Gasteiger partial charge is 0.462 e. The van der Waals surface area contributed by atoms with Gasteiger partial charge in [0.15, 0.2) is 0 Å². The van der Waals surface area contributed by atoms with Crippen LogP contribution < -0.4 is 5.32 Å². The predicted molar refractivity (Wildman–Crippen MR) is 50.9 cm³/mol. The summed E-state index contributed by atoms with van der Waals surface area (Å²) in [7, 11) is 0. The molecular weight excluding hydrogens is 208 g/mol. The average Bonchev–Trinajstić information content (AvgIpc) is 2.09. The molecule has 6 heteroatoms. The molecule has 0 radical (unpaired) electrons. The molecule has 0 spiro atoms. The van der Waals surface area contributed by atoms with E-state index in [9.17, 15) is 13.6 Å². The third-order valence-electron chi connectivity index (χ3n) is 1.30. The number of carbonyl (C=O) groups excluding carboxylic acids is 1. The number of esters is 1. The minimum Gasteiger partial charge on any atom is -0.462 e. The first-order chi connectivity index (χ1) is 7.02. The van der Waals surface area contributed by atoms with E-state index in [4.69, 9.17) is 4.74 Å². The molecule has 0 aromatic heterocycles. The number of halogens is 2. The van der Waals surface area contributed by atoms with Gasteiger partial charge in [0.05, 0.1) is 19.3 Å². The maximum atomic E-state index is 11.6. The predicted octanol–water partition coefficient (Wildman–Crippen LogP) is 0.809. The highest BCUT2D eigenvalue weighted by atomic mass is 19.3. The van der Waals surface area contributed by atoms with E-state index in [1.807, 2.05) is 0 Å². The van der Waals surface area contributed by atoms with E-state index in [1.165, 1.54) is 0 Å². The summed E-state index contributed by atoms with van der Waals surface area (Å²) in [5.41, 5.74) is 0. The smallest absolute Gasteiger partial charge is 0.320 e. The molecule has 4 nitrogen and oxygen atoms in total. The maximum absolute atomic E-state index is 11.6. The molecule has 0 amide bonds. The van der Waals surface area contributed by atoms with Crippen molar-refractivity contribution >= 4 is 5.97 Å². The van der Waals surface area contributed by atoms with Crippen molar-refractivity contribution in [1.82, 2.24) is 5.32 Å². The SMILES string of the molecule is CC(C)OC(=O)CNCCOCC(F)F. The number of alkyl halides is 2. The second-order valence-electron chi connectivity index (χ2n) is 3.18. The highest BCUT2D eigenvalue weighted by Gasteiger charge is 2.04. The van der Waals surface area contributed by atoms with E-state index in [0.29, 0.717) is 6.54 Å². The zero-order chi connectivity index (χ0) is 11.7. The molecule has 0 rings (SSSR count). The fourth-order valence-corrected chi connectivity index (χ4v) is 0.812. The molecule has 15 heavy (non-hydrogen) atoms. The molecule has 0 aromatic rings. The van der Waals surface area contributed by atoms with E-state index in [2.05, 4.69) is 10.1 Å². The summed E-state index contributed by atoms with van der Waals surface area (Å²) in [6.45, 7) is 3.50. The van der Waals surface area contributed by atoms with Crippen LogP contribution in [0.3, 0.4) is 0 Å². The first-order valence-electron chi connectivity index (χ1n) is 4.78. The van der Waals surface area contributed by atoms with Gasteiger partial charge in [-0.25, -0.2) is 8.78 Å². The van der Waals surface area contributed by atoms with Crippen LogP contribution in [-0.2, 0) is 14.3 Å². The van der Waals surface area contributed by atoms with Crippen LogP contribution in [0.4, 0.5) is 8.78 Å². The van der Waals surface area contributed by atoms with Gasteiger partial charge in [-0.05, 0) is 13.8 Å². The summed E-state index contributed by atoms with van der Waals surface area (Å²) in [4.78, 5) is 10.9. The van der Waals surface area contributed by atoms with E-state index in [0.717, 1.165) is 0 Å². The van der Waals surface area contributed by atoms with Gasteiger partial charge >= 0.3 is 5.97 Å². The van der Waals surface area contributed by atoms with E-state index >= 15 is 0 Å². The molecule has 0 aromatic carbocycles. The van der Waals surface area contributed by atoms with Crippen molar-refractivity contribution in [2.24, 2.45) is 0 Å². The lowest BCUT2D eigenvalue weighted by atomic mass is 10.5. The fourth-order valence-electron chi connectivity index (χ4n) is 0.812. The van der Waals surface area contributed by atoms with Crippen molar-refractivity contribution < 1.29 is 23.0 Å². The summed E-state index contributed by atoms with van der Waals surface area (Å²) >= 11 is 0. The standard InChI is InChI=1S/C9H17F2NO3/c1-7(2)15-9(13)5-12-3-4-14-6-8(10)11/h7-8,12H,3-6H2,1-2H3. The first-order valence-corrected chi connectivity index (χ1v) is 4.78. The number of carbonyl (C=O) groups is 1. The van der Waals surface area contributed by atoms with Crippen LogP contribution in [0, 0.1) is 0 Å². The topological polar surface area (TPSA) is 47.6 Å². The van der Waals surface area contributed by atoms with Gasteiger partial charge < -0.3 is 14.8 Å². The molecule has 0 aliphatic carbocycles. The molecule has 0 fully saturated rings. The molecule has 90 valence electrons. The zero-order valence-corrected chi connectivity index (χ0v) is 8.96. The molecule has 0 aliphatic heterocycles. The fraction of sp³-hybridized carbons (Fsp3) is 0.889. The lowest BCUT2D eigenvalue weighted by Gasteiger charge is -2.08. The van der Waals surface area contributed by atoms with E-state index < -0.39 is 13.0 Å². The van der Waals surface area contributed by atoms with Crippen LogP contribution in [0.15, 0.2) is 0 Å². The van der Waals surface area contributed by atoms with Crippen LogP contribution in [0.5, 0.6) is 0 Å². The second kappa shape index (κ2) is 8.55. The normalized spacial score (nSPS) is 11.1. The number of ether oxygens (including phenoxy) is 2. The van der Waals surface area contributed by atoms with Gasteiger partial charge in [-0.15, -0.1) is 0 Å². The Labute approximate surface area is 87.9 Å². The van der Waals surface area contributed by atoms with Gasteiger partial charge in [-0.1, -0.05) is 0 Å². The molecule has 0 saturated heterocycles. The maximum Gasteiger partial charge on any atom is 0.320 e. The third-order valence-corrected chi connectivity index (χ3v) is 1.30. The molecule has 0 atom stereocenters. The lowest BCUT2D eigenvalue weighted by molar-refractivity contribution is -0.146. The van der Waals surface area contributed by atoms with Gasteiger partial charge in [0, 0.05) is 6.54 Å². The van der Waals surface area contributed by atoms with Crippen molar-refractivity contribution in [3.8, 4) is 0 Å². The Bertz CT molecular complexity index is 177. The number of hydrogen-bond donors (Lipinski definition) is 1. The van der Waals surface area contributed by atoms with E-state index in [-0.39, 0.29) is 25.2 Å². The lowest BCUT2D eigenvalue weighted by Crippen LogP contribution is -2.29. The summed E-state index contributed by atoms with van der Waals surface area (Å²) in [5.74, 6) is -0.362. The Morgan fingerprint density at radius 2 is 2.07 bits per heavy atom. The van der Waals surface area contributed by atoms with Gasteiger partial charge in [0.2, 0.25) is 0 Å². The van der Waals surface area contributed by atoms with E-state index in [1.54, 1.807) is 13.8 Å². The minimum atomic E-state index is -2.45. The van der Waals surface area contributed by atoms with Gasteiger partial charge in [-0.3, -0.25) is 4.79 Å². The Hall–Kier alpha value is -0.750. The number of hydrogen-bond acceptors (Lipinski definition) is 4. The Balaban J connectivity index is 3.20. The minimum absolute atomic E-state index is 0.0657. The monoisotopic (exact) mass is 225 g/mol. The van der Waals surface area contributed by atoms with Crippen molar-refractivity contribution in [1.29, 1.82) is 0 Å². The highest BCUT2D eigenvalue weighted by molar-refractivity contribution is 5.71. The van der Waals surface area contributed by atoms with Crippen LogP contribution in [0.1, 0.15) is 13.8 Å². The van der Waals surface area contributed by atoms with Gasteiger partial charge in [0.1, 0.15) is 6.61 Å². The molecule has 1 N–H and O–H groups in total. The van der Waals surface area contributed by atoms with Gasteiger partial charge in [-0.2, -0.15) is 0 Å². The Morgan fingerprint density at radius 1 is 1.40 bits per heavy atom. The molecular formula is C9H17F2NO3. The zero-order valence-electron chi connectivity index (χ0n) is 8.96. The summed E-state index contributed by atoms with van der Waals surface area (Å²) in [5, 5.41) is 2.72. The molecule has 0 unspecified atom stereocenters. The van der Waals surface area contributed by atoms with Crippen LogP contribution in [0.25, 0.3) is 0 Å². The summed E-state index contributed by atoms with van der Waals surface area (Å²) in [6, 6.07) is 0. The highest BCUT2D eigenvalue weighted by Crippen LogP contribution is 1.91. The molecule has 0 saturated carbocycles. The summed E-state index contributed by atoms with van der Waals surface area (Å²) < 4.78 is 32.6. The Kier molecular flexibility index (Phi) is 8.12. The van der Waals surface area contributed by atoms with Crippen molar-refractivity contribution in [3.63, 3.8) is 0 Å². The molecule has 0 heterocycles. The Morgan fingerprint density at radius 3 is 2.60 bits per heavy atom. The van der Waals surface area contributed by atoms with Crippen LogP contribution in [0.2, 0.25) is 0 Å². The van der Waals surface area contributed by atoms with Crippen LogP contribution >= 0.6 is 0 Å². The third kappa shape index (κ3) is 11.2. The number of rotatable bonds is 8. The van der Waals surface area contributed by atoms with Gasteiger partial charge in [0.25, 0.3) is 6.43 Å². The van der Waals surface area contributed by atoms with Crippen LogP contribution in [-0.4, -0.2) is 44.8 Å².